The number of guanidine groups is 1. The Bertz CT molecular complexity index is 805. The van der Waals surface area contributed by atoms with Crippen LogP contribution in [-0.4, -0.2) is 38.1 Å². The van der Waals surface area contributed by atoms with E-state index in [0.717, 1.165) is 42.5 Å². The summed E-state index contributed by atoms with van der Waals surface area (Å²) in [6.45, 7) is 7.00. The van der Waals surface area contributed by atoms with Crippen LogP contribution < -0.4 is 20.7 Å². The van der Waals surface area contributed by atoms with Crippen LogP contribution >= 0.6 is 11.3 Å². The second kappa shape index (κ2) is 10.1. The zero-order chi connectivity index (χ0) is 19.8. The van der Waals surface area contributed by atoms with Crippen molar-refractivity contribution < 1.29 is 9.53 Å². The summed E-state index contributed by atoms with van der Waals surface area (Å²) in [6.07, 6.45) is 1.29. The van der Waals surface area contributed by atoms with Crippen molar-refractivity contribution in [2.24, 2.45) is 4.99 Å². The number of nitrogens with one attached hydrogen (secondary N) is 3. The highest BCUT2D eigenvalue weighted by atomic mass is 32.1. The molecule has 3 N–H and O–H groups in total. The Kier molecular flexibility index (Phi) is 7.31. The van der Waals surface area contributed by atoms with E-state index in [2.05, 4.69) is 51.6 Å². The molecule has 150 valence electrons. The number of fused-ring (bicyclic) bond motifs is 1. The van der Waals surface area contributed by atoms with Crippen molar-refractivity contribution in [1.82, 2.24) is 10.6 Å². The first kappa shape index (κ1) is 20.2. The summed E-state index contributed by atoms with van der Waals surface area (Å²) < 4.78 is 5.86. The molecule has 0 aliphatic carbocycles. The van der Waals surface area contributed by atoms with Gasteiger partial charge in [0.05, 0.1) is 6.54 Å². The van der Waals surface area contributed by atoms with Crippen LogP contribution in [0, 0.1) is 0 Å². The summed E-state index contributed by atoms with van der Waals surface area (Å²) in [7, 11) is 0. The van der Waals surface area contributed by atoms with E-state index in [1.807, 2.05) is 18.2 Å². The summed E-state index contributed by atoms with van der Waals surface area (Å²) >= 11 is 1.72. The standard InChI is InChI=1S/C21H28N4O2S/c1-3-22-21(24-13-15(2)17-8-11-28-14-17)23-9-10-27-18-5-6-19-16(12-18)4-7-20(26)25-19/h5-6,8,11-12,14-15H,3-4,7,9-10,13H2,1-2H3,(H,25,26)(H2,22,23,24). The number of ether oxygens (including phenoxy) is 1. The highest BCUT2D eigenvalue weighted by Crippen LogP contribution is 2.26. The van der Waals surface area contributed by atoms with Crippen molar-refractivity contribution in [3.8, 4) is 5.75 Å². The normalized spacial score (nSPS) is 14.8. The first-order valence-electron chi connectivity index (χ1n) is 9.75. The average Bonchev–Trinajstić information content (AvgIpc) is 3.24. The number of amides is 1. The quantitative estimate of drug-likeness (QED) is 0.361. The zero-order valence-electron chi connectivity index (χ0n) is 16.5. The SMILES string of the molecule is CCNC(=NCC(C)c1ccsc1)NCCOc1ccc2c(c1)CCC(=O)N2. The fourth-order valence-electron chi connectivity index (χ4n) is 3.02. The Morgan fingerprint density at radius 1 is 1.32 bits per heavy atom. The molecule has 28 heavy (non-hydrogen) atoms. The number of carbonyl (C=O) groups excluding carboxylic acids is 1. The predicted octanol–water partition coefficient (Wildman–Crippen LogP) is 3.37. The fourth-order valence-corrected chi connectivity index (χ4v) is 3.80. The van der Waals surface area contributed by atoms with Gasteiger partial charge in [0, 0.05) is 31.1 Å². The van der Waals surface area contributed by atoms with Crippen LogP contribution in [-0.2, 0) is 11.2 Å². The van der Waals surface area contributed by atoms with E-state index in [-0.39, 0.29) is 5.91 Å². The molecule has 2 heterocycles. The summed E-state index contributed by atoms with van der Waals surface area (Å²) in [5.41, 5.74) is 3.35. The van der Waals surface area contributed by atoms with Gasteiger partial charge in [0.15, 0.2) is 5.96 Å². The maximum Gasteiger partial charge on any atom is 0.224 e. The second-order valence-electron chi connectivity index (χ2n) is 6.82. The number of rotatable bonds is 8. The van der Waals surface area contributed by atoms with E-state index in [1.165, 1.54) is 5.56 Å². The van der Waals surface area contributed by atoms with Gasteiger partial charge in [-0.1, -0.05) is 6.92 Å². The molecular weight excluding hydrogens is 372 g/mol. The lowest BCUT2D eigenvalue weighted by molar-refractivity contribution is -0.116. The number of aryl methyl sites for hydroxylation is 1. The second-order valence-corrected chi connectivity index (χ2v) is 7.60. The molecular formula is C21H28N4O2S. The monoisotopic (exact) mass is 400 g/mol. The van der Waals surface area contributed by atoms with Crippen LogP contribution in [0.3, 0.4) is 0 Å². The molecule has 1 aliphatic heterocycles. The molecule has 1 aromatic carbocycles. The van der Waals surface area contributed by atoms with E-state index in [1.54, 1.807) is 11.3 Å². The molecule has 0 saturated heterocycles. The smallest absolute Gasteiger partial charge is 0.224 e. The number of hydrogen-bond acceptors (Lipinski definition) is 4. The Balaban J connectivity index is 1.45. The Morgan fingerprint density at radius 2 is 2.21 bits per heavy atom. The number of hydrogen-bond donors (Lipinski definition) is 3. The molecule has 0 saturated carbocycles. The van der Waals surface area contributed by atoms with Gasteiger partial charge in [-0.3, -0.25) is 9.79 Å². The van der Waals surface area contributed by atoms with Crippen LogP contribution in [0.4, 0.5) is 5.69 Å². The number of benzene rings is 1. The molecule has 1 aliphatic rings. The third kappa shape index (κ3) is 5.73. The Labute approximate surface area is 170 Å². The summed E-state index contributed by atoms with van der Waals surface area (Å²) in [4.78, 5) is 16.1. The van der Waals surface area contributed by atoms with Gasteiger partial charge in [0.25, 0.3) is 0 Å². The van der Waals surface area contributed by atoms with Crippen molar-refractivity contribution in [2.75, 3.05) is 31.6 Å². The lowest BCUT2D eigenvalue weighted by Gasteiger charge is -2.18. The van der Waals surface area contributed by atoms with Crippen molar-refractivity contribution in [3.63, 3.8) is 0 Å². The minimum atomic E-state index is 0.0777. The van der Waals surface area contributed by atoms with Crippen molar-refractivity contribution in [3.05, 3.63) is 46.2 Å². The summed E-state index contributed by atoms with van der Waals surface area (Å²) in [5, 5.41) is 13.8. The van der Waals surface area contributed by atoms with E-state index in [0.29, 0.717) is 25.5 Å². The van der Waals surface area contributed by atoms with Gasteiger partial charge in [-0.2, -0.15) is 11.3 Å². The van der Waals surface area contributed by atoms with E-state index >= 15 is 0 Å². The number of carbonyl (C=O) groups is 1. The molecule has 0 fully saturated rings. The lowest BCUT2D eigenvalue weighted by atomic mass is 10.0. The lowest BCUT2D eigenvalue weighted by Crippen LogP contribution is -2.39. The first-order chi connectivity index (χ1) is 13.7. The molecule has 1 aromatic heterocycles. The number of nitrogens with zero attached hydrogens (tertiary/aromatic N) is 1. The van der Waals surface area contributed by atoms with Crippen LogP contribution in [0.15, 0.2) is 40.0 Å². The molecule has 0 bridgehead atoms. The Morgan fingerprint density at radius 3 is 3.00 bits per heavy atom. The van der Waals surface area contributed by atoms with Crippen molar-refractivity contribution in [2.45, 2.75) is 32.6 Å². The third-order valence-electron chi connectivity index (χ3n) is 4.62. The molecule has 2 aromatic rings. The predicted molar refractivity (Wildman–Crippen MR) is 116 cm³/mol. The van der Waals surface area contributed by atoms with E-state index in [4.69, 9.17) is 4.74 Å². The maximum absolute atomic E-state index is 11.4. The molecule has 0 spiro atoms. The molecule has 6 nitrogen and oxygen atoms in total. The average molecular weight is 401 g/mol. The topological polar surface area (TPSA) is 74.8 Å². The number of thiophene rings is 1. The zero-order valence-corrected chi connectivity index (χ0v) is 17.3. The van der Waals surface area contributed by atoms with Crippen LogP contribution in [0.2, 0.25) is 0 Å². The number of aliphatic imine (C=N–C) groups is 1. The van der Waals surface area contributed by atoms with Gasteiger partial charge >= 0.3 is 0 Å². The fraction of sp³-hybridized carbons (Fsp3) is 0.429. The molecule has 3 rings (SSSR count). The summed E-state index contributed by atoms with van der Waals surface area (Å²) in [6, 6.07) is 7.97. The van der Waals surface area contributed by atoms with E-state index in [9.17, 15) is 4.79 Å². The molecule has 0 radical (unpaired) electrons. The molecule has 1 amide bonds. The molecule has 1 unspecified atom stereocenters. The van der Waals surface area contributed by atoms with Gasteiger partial charge in [0.1, 0.15) is 12.4 Å². The third-order valence-corrected chi connectivity index (χ3v) is 5.32. The van der Waals surface area contributed by atoms with Crippen molar-refractivity contribution in [1.29, 1.82) is 0 Å². The minimum Gasteiger partial charge on any atom is -0.492 e. The Hall–Kier alpha value is -2.54. The van der Waals surface area contributed by atoms with Gasteiger partial charge < -0.3 is 20.7 Å². The highest BCUT2D eigenvalue weighted by Gasteiger charge is 2.15. The molecule has 1 atom stereocenters. The van der Waals surface area contributed by atoms with Crippen molar-refractivity contribution >= 4 is 28.9 Å². The van der Waals surface area contributed by atoms with Crippen LogP contribution in [0.5, 0.6) is 5.75 Å². The van der Waals surface area contributed by atoms with Gasteiger partial charge in [-0.15, -0.1) is 0 Å². The largest absolute Gasteiger partial charge is 0.492 e. The van der Waals surface area contributed by atoms with Gasteiger partial charge in [-0.25, -0.2) is 0 Å². The first-order valence-corrected chi connectivity index (χ1v) is 10.7. The highest BCUT2D eigenvalue weighted by molar-refractivity contribution is 7.07. The minimum absolute atomic E-state index is 0.0777. The number of anilines is 1. The van der Waals surface area contributed by atoms with Gasteiger partial charge in [-0.05, 0) is 59.5 Å². The van der Waals surface area contributed by atoms with Gasteiger partial charge in [0.2, 0.25) is 5.91 Å². The molecule has 7 heteroatoms. The van der Waals surface area contributed by atoms with Crippen LogP contribution in [0.1, 0.15) is 37.3 Å². The maximum atomic E-state index is 11.4. The summed E-state index contributed by atoms with van der Waals surface area (Å²) in [5.74, 6) is 2.11. The van der Waals surface area contributed by atoms with E-state index < -0.39 is 0 Å². The van der Waals surface area contributed by atoms with Crippen LogP contribution in [0.25, 0.3) is 0 Å².